The van der Waals surface area contributed by atoms with Crippen LogP contribution < -0.4 is 10.6 Å². The first-order valence-electron chi connectivity index (χ1n) is 6.58. The number of halogens is 1. The van der Waals surface area contributed by atoms with Crippen molar-refractivity contribution in [1.82, 2.24) is 15.5 Å². The summed E-state index contributed by atoms with van der Waals surface area (Å²) in [5.41, 5.74) is 0.353. The monoisotopic (exact) mass is 279 g/mol. The van der Waals surface area contributed by atoms with Crippen molar-refractivity contribution in [2.45, 2.75) is 12.5 Å². The Morgan fingerprint density at radius 1 is 1.45 bits per heavy atom. The summed E-state index contributed by atoms with van der Waals surface area (Å²) in [7, 11) is 1.54. The second kappa shape index (κ2) is 6.47. The van der Waals surface area contributed by atoms with Crippen LogP contribution in [0.1, 0.15) is 5.56 Å². The van der Waals surface area contributed by atoms with E-state index in [0.717, 1.165) is 0 Å². The second-order valence-electron chi connectivity index (χ2n) is 4.69. The molecule has 1 aliphatic rings. The van der Waals surface area contributed by atoms with E-state index < -0.39 is 11.9 Å². The summed E-state index contributed by atoms with van der Waals surface area (Å²) >= 11 is 0. The Kier molecular flexibility index (Phi) is 4.68. The molecule has 0 aromatic heterocycles. The molecule has 2 amide bonds. The molecule has 2 N–H and O–H groups in total. The van der Waals surface area contributed by atoms with Gasteiger partial charge in [0.25, 0.3) is 0 Å². The summed E-state index contributed by atoms with van der Waals surface area (Å²) in [5.74, 6) is -0.836. The summed E-state index contributed by atoms with van der Waals surface area (Å²) in [5, 5.41) is 5.63. The molecule has 1 aromatic rings. The van der Waals surface area contributed by atoms with E-state index in [4.69, 9.17) is 0 Å². The van der Waals surface area contributed by atoms with Gasteiger partial charge in [0.1, 0.15) is 11.9 Å². The van der Waals surface area contributed by atoms with Gasteiger partial charge in [0.15, 0.2) is 0 Å². The first kappa shape index (κ1) is 14.5. The van der Waals surface area contributed by atoms with Crippen molar-refractivity contribution >= 4 is 11.8 Å². The van der Waals surface area contributed by atoms with Crippen molar-refractivity contribution in [2.75, 3.05) is 26.7 Å². The molecule has 1 unspecified atom stereocenters. The van der Waals surface area contributed by atoms with Crippen LogP contribution >= 0.6 is 0 Å². The van der Waals surface area contributed by atoms with E-state index in [2.05, 4.69) is 10.6 Å². The summed E-state index contributed by atoms with van der Waals surface area (Å²) < 4.78 is 13.6. The van der Waals surface area contributed by atoms with Crippen molar-refractivity contribution in [3.05, 3.63) is 35.6 Å². The van der Waals surface area contributed by atoms with Crippen LogP contribution in [0.15, 0.2) is 24.3 Å². The molecule has 0 radical (unpaired) electrons. The number of likely N-dealkylation sites (N-methyl/N-ethyl adjacent to an activating group) is 1. The van der Waals surface area contributed by atoms with Crippen LogP contribution in [0.2, 0.25) is 0 Å². The van der Waals surface area contributed by atoms with Crippen LogP contribution in [0, 0.1) is 5.82 Å². The molecule has 6 heteroatoms. The highest BCUT2D eigenvalue weighted by Crippen LogP contribution is 2.11. The lowest BCUT2D eigenvalue weighted by atomic mass is 10.1. The molecular weight excluding hydrogens is 261 g/mol. The van der Waals surface area contributed by atoms with E-state index in [9.17, 15) is 14.0 Å². The quantitative estimate of drug-likeness (QED) is 0.813. The molecule has 1 aliphatic heterocycles. The van der Waals surface area contributed by atoms with E-state index in [1.165, 1.54) is 18.0 Å². The Labute approximate surface area is 117 Å². The van der Waals surface area contributed by atoms with Crippen molar-refractivity contribution in [3.8, 4) is 0 Å². The number of nitrogens with zero attached hydrogens (tertiary/aromatic N) is 1. The lowest BCUT2D eigenvalue weighted by Gasteiger charge is -2.35. The fourth-order valence-electron chi connectivity index (χ4n) is 2.31. The summed E-state index contributed by atoms with van der Waals surface area (Å²) in [6.45, 7) is 1.50. The predicted molar refractivity (Wildman–Crippen MR) is 72.5 cm³/mol. The van der Waals surface area contributed by atoms with Gasteiger partial charge in [-0.2, -0.15) is 0 Å². The summed E-state index contributed by atoms with van der Waals surface area (Å²) in [4.78, 5) is 25.6. The minimum absolute atomic E-state index is 0.0276. The van der Waals surface area contributed by atoms with Crippen LogP contribution in [0.5, 0.6) is 0 Å². The van der Waals surface area contributed by atoms with E-state index >= 15 is 0 Å². The van der Waals surface area contributed by atoms with Crippen LogP contribution in [0.25, 0.3) is 0 Å². The number of rotatable bonds is 3. The van der Waals surface area contributed by atoms with Crippen LogP contribution in [0.3, 0.4) is 0 Å². The maximum absolute atomic E-state index is 13.6. The third-order valence-corrected chi connectivity index (χ3v) is 3.41. The normalized spacial score (nSPS) is 18.7. The zero-order chi connectivity index (χ0) is 14.5. The summed E-state index contributed by atoms with van der Waals surface area (Å²) in [6, 6.07) is 5.66. The molecule has 1 fully saturated rings. The number of hydrogen-bond donors (Lipinski definition) is 2. The molecule has 1 saturated heterocycles. The third kappa shape index (κ3) is 3.14. The molecule has 1 heterocycles. The average molecular weight is 279 g/mol. The molecular formula is C14H18FN3O2. The molecule has 0 saturated carbocycles. The number of nitrogens with one attached hydrogen (secondary N) is 2. The van der Waals surface area contributed by atoms with Crippen LogP contribution in [-0.4, -0.2) is 49.4 Å². The van der Waals surface area contributed by atoms with Gasteiger partial charge >= 0.3 is 0 Å². The first-order valence-corrected chi connectivity index (χ1v) is 6.58. The minimum Gasteiger partial charge on any atom is -0.357 e. The highest BCUT2D eigenvalue weighted by Gasteiger charge is 2.31. The molecule has 20 heavy (non-hydrogen) atoms. The van der Waals surface area contributed by atoms with Gasteiger partial charge in [-0.25, -0.2) is 4.39 Å². The van der Waals surface area contributed by atoms with Gasteiger partial charge in [0, 0.05) is 26.7 Å². The Morgan fingerprint density at radius 3 is 2.90 bits per heavy atom. The largest absolute Gasteiger partial charge is 0.357 e. The van der Waals surface area contributed by atoms with E-state index in [1.54, 1.807) is 18.2 Å². The number of piperazine rings is 1. The topological polar surface area (TPSA) is 61.4 Å². The van der Waals surface area contributed by atoms with Crippen LogP contribution in [0.4, 0.5) is 4.39 Å². The van der Waals surface area contributed by atoms with Gasteiger partial charge in [-0.05, 0) is 11.6 Å². The molecule has 1 aromatic carbocycles. The lowest BCUT2D eigenvalue weighted by Crippen LogP contribution is -2.59. The standard InChI is InChI=1S/C14H18FN3O2/c1-16-14(20)12-9-17-6-7-18(12)13(19)8-10-4-2-3-5-11(10)15/h2-5,12,17H,6-9H2,1H3,(H,16,20). The van der Waals surface area contributed by atoms with Gasteiger partial charge < -0.3 is 15.5 Å². The minimum atomic E-state index is -0.534. The second-order valence-corrected chi connectivity index (χ2v) is 4.69. The Morgan fingerprint density at radius 2 is 2.20 bits per heavy atom. The third-order valence-electron chi connectivity index (χ3n) is 3.41. The lowest BCUT2D eigenvalue weighted by molar-refractivity contribution is -0.140. The maximum atomic E-state index is 13.6. The highest BCUT2D eigenvalue weighted by atomic mass is 19.1. The van der Waals surface area contributed by atoms with Gasteiger partial charge in [-0.3, -0.25) is 9.59 Å². The first-order chi connectivity index (χ1) is 9.63. The summed E-state index contributed by atoms with van der Waals surface area (Å²) in [6.07, 6.45) is -0.0276. The van der Waals surface area contributed by atoms with Crippen molar-refractivity contribution in [3.63, 3.8) is 0 Å². The fraction of sp³-hybridized carbons (Fsp3) is 0.429. The highest BCUT2D eigenvalue weighted by molar-refractivity contribution is 5.88. The number of carbonyl (C=O) groups excluding carboxylic acids is 2. The van der Waals surface area contributed by atoms with E-state index in [-0.39, 0.29) is 18.2 Å². The molecule has 2 rings (SSSR count). The molecule has 108 valence electrons. The van der Waals surface area contributed by atoms with Gasteiger partial charge in [-0.15, -0.1) is 0 Å². The van der Waals surface area contributed by atoms with Crippen LogP contribution in [-0.2, 0) is 16.0 Å². The Balaban J connectivity index is 2.10. The smallest absolute Gasteiger partial charge is 0.243 e. The Bertz CT molecular complexity index is 507. The number of carbonyl (C=O) groups is 2. The zero-order valence-corrected chi connectivity index (χ0v) is 11.4. The molecule has 1 atom stereocenters. The Hall–Kier alpha value is -1.95. The van der Waals surface area contributed by atoms with Crippen molar-refractivity contribution < 1.29 is 14.0 Å². The van der Waals surface area contributed by atoms with Gasteiger partial charge in [-0.1, -0.05) is 18.2 Å². The fourth-order valence-corrected chi connectivity index (χ4v) is 2.31. The molecule has 5 nitrogen and oxygen atoms in total. The van der Waals surface area contributed by atoms with Gasteiger partial charge in [0.05, 0.1) is 6.42 Å². The van der Waals surface area contributed by atoms with E-state index in [0.29, 0.717) is 25.2 Å². The average Bonchev–Trinajstić information content (AvgIpc) is 2.48. The van der Waals surface area contributed by atoms with Crippen molar-refractivity contribution in [1.29, 1.82) is 0 Å². The van der Waals surface area contributed by atoms with Crippen molar-refractivity contribution in [2.24, 2.45) is 0 Å². The maximum Gasteiger partial charge on any atom is 0.243 e. The zero-order valence-electron chi connectivity index (χ0n) is 11.4. The van der Waals surface area contributed by atoms with Gasteiger partial charge in [0.2, 0.25) is 11.8 Å². The van der Waals surface area contributed by atoms with E-state index in [1.807, 2.05) is 0 Å². The molecule has 0 aliphatic carbocycles. The molecule has 0 bridgehead atoms. The predicted octanol–water partition coefficient (Wildman–Crippen LogP) is -0.0854. The number of benzene rings is 1. The number of hydrogen-bond acceptors (Lipinski definition) is 3. The molecule has 0 spiro atoms. The number of amides is 2. The SMILES string of the molecule is CNC(=O)C1CNCCN1C(=O)Cc1ccccc1F.